The van der Waals surface area contributed by atoms with Crippen molar-refractivity contribution in [2.75, 3.05) is 13.2 Å². The average molecular weight is 457 g/mol. The Morgan fingerprint density at radius 3 is 2.44 bits per heavy atom. The third-order valence-corrected chi connectivity index (χ3v) is 6.20. The van der Waals surface area contributed by atoms with Gasteiger partial charge in [-0.05, 0) is 30.9 Å². The second kappa shape index (κ2) is 9.90. The molecule has 0 bridgehead atoms. The van der Waals surface area contributed by atoms with Crippen LogP contribution in [0.25, 0.3) is 0 Å². The van der Waals surface area contributed by atoms with E-state index in [-0.39, 0.29) is 37.2 Å². The fourth-order valence-corrected chi connectivity index (χ4v) is 4.27. The Hall–Kier alpha value is -0.370. The van der Waals surface area contributed by atoms with Crippen LogP contribution in [0.5, 0.6) is 0 Å². The molecule has 1 amide bonds. The number of rotatable bonds is 5. The first-order valence-corrected chi connectivity index (χ1v) is 10.6. The van der Waals surface area contributed by atoms with Gasteiger partial charge in [-0.3, -0.25) is 0 Å². The zero-order valence-electron chi connectivity index (χ0n) is 15.3. The quantitative estimate of drug-likeness (QED) is 0.637. The van der Waals surface area contributed by atoms with Crippen molar-refractivity contribution in [1.82, 2.24) is 5.32 Å². The minimum atomic E-state index is -1.67. The van der Waals surface area contributed by atoms with Gasteiger partial charge in [-0.1, -0.05) is 78.1 Å². The average Bonchev–Trinajstić information content (AvgIpc) is 2.60. The summed E-state index contributed by atoms with van der Waals surface area (Å²) in [5.41, 5.74) is 0.764. The van der Waals surface area contributed by atoms with Gasteiger partial charge in [-0.25, -0.2) is 4.79 Å². The molecule has 1 aromatic carbocycles. The van der Waals surface area contributed by atoms with Crippen LogP contribution in [0.3, 0.4) is 0 Å². The van der Waals surface area contributed by atoms with Crippen LogP contribution < -0.4 is 5.32 Å². The summed E-state index contributed by atoms with van der Waals surface area (Å²) in [6, 6.07) is 7.69. The Morgan fingerprint density at radius 1 is 1.26 bits per heavy atom. The van der Waals surface area contributed by atoms with Crippen LogP contribution in [0.1, 0.15) is 19.4 Å². The predicted molar refractivity (Wildman–Crippen MR) is 110 cm³/mol. The summed E-state index contributed by atoms with van der Waals surface area (Å²) >= 11 is 18.4. The standard InChI is InChI=1S/C18H24Cl3NO4S/c1-10-4-6-13(7-5-10)27-16-15(12(3)11(2)14(8-23)26-16)22-17(24)25-9-18(19,20)21/h4-7,11-12,14-16,23H,8-9H2,1-3H3,(H,22,24)/t11-,12-,14?,15?,16-/m0/s1. The van der Waals surface area contributed by atoms with Crippen LogP contribution in [-0.4, -0.2) is 45.8 Å². The summed E-state index contributed by atoms with van der Waals surface area (Å²) < 4.78 is 9.41. The maximum absolute atomic E-state index is 12.2. The van der Waals surface area contributed by atoms with Gasteiger partial charge in [0.2, 0.25) is 3.79 Å². The van der Waals surface area contributed by atoms with Crippen LogP contribution in [0.15, 0.2) is 29.2 Å². The molecule has 0 radical (unpaired) electrons. The Balaban J connectivity index is 2.12. The Bertz CT molecular complexity index is 626. The first kappa shape index (κ1) is 22.9. The smallest absolute Gasteiger partial charge is 0.407 e. The summed E-state index contributed by atoms with van der Waals surface area (Å²) in [6.07, 6.45) is -0.982. The molecule has 1 saturated heterocycles. The van der Waals surface area contributed by atoms with Gasteiger partial charge in [0.15, 0.2) is 0 Å². The lowest BCUT2D eigenvalue weighted by Gasteiger charge is -2.44. The van der Waals surface area contributed by atoms with E-state index in [0.29, 0.717) is 0 Å². The van der Waals surface area contributed by atoms with Gasteiger partial charge < -0.3 is 19.9 Å². The minimum Gasteiger partial charge on any atom is -0.445 e. The lowest BCUT2D eigenvalue weighted by Crippen LogP contribution is -2.56. The number of aryl methyl sites for hydroxylation is 1. The molecule has 0 spiro atoms. The van der Waals surface area contributed by atoms with E-state index in [0.717, 1.165) is 10.5 Å². The van der Waals surface area contributed by atoms with Crippen molar-refractivity contribution in [2.24, 2.45) is 11.8 Å². The zero-order valence-corrected chi connectivity index (χ0v) is 18.4. The van der Waals surface area contributed by atoms with E-state index in [9.17, 15) is 9.90 Å². The van der Waals surface area contributed by atoms with Crippen LogP contribution in [0.2, 0.25) is 0 Å². The van der Waals surface area contributed by atoms with Gasteiger partial charge in [-0.2, -0.15) is 0 Å². The van der Waals surface area contributed by atoms with E-state index < -0.39 is 15.3 Å². The van der Waals surface area contributed by atoms with Gasteiger partial charge in [0, 0.05) is 4.90 Å². The summed E-state index contributed by atoms with van der Waals surface area (Å²) in [4.78, 5) is 13.2. The van der Waals surface area contributed by atoms with E-state index >= 15 is 0 Å². The molecule has 2 N–H and O–H groups in total. The number of carbonyl (C=O) groups excluding carboxylic acids is 1. The lowest BCUT2D eigenvalue weighted by atomic mass is 9.83. The van der Waals surface area contributed by atoms with E-state index in [4.69, 9.17) is 44.3 Å². The third-order valence-electron chi connectivity index (χ3n) is 4.69. The molecular weight excluding hydrogens is 433 g/mol. The Morgan fingerprint density at radius 2 is 1.89 bits per heavy atom. The molecule has 1 aliphatic rings. The fraction of sp³-hybridized carbons (Fsp3) is 0.611. The number of thioether (sulfide) groups is 1. The number of benzene rings is 1. The predicted octanol–water partition coefficient (Wildman–Crippen LogP) is 4.54. The number of carbonyl (C=O) groups is 1. The number of hydrogen-bond acceptors (Lipinski definition) is 5. The summed E-state index contributed by atoms with van der Waals surface area (Å²) in [7, 11) is 0. The van der Waals surface area contributed by atoms with Crippen LogP contribution in [0, 0.1) is 18.8 Å². The molecule has 152 valence electrons. The van der Waals surface area contributed by atoms with E-state index in [1.807, 2.05) is 45.0 Å². The van der Waals surface area contributed by atoms with Gasteiger partial charge in [0.1, 0.15) is 12.0 Å². The van der Waals surface area contributed by atoms with Crippen molar-refractivity contribution in [3.05, 3.63) is 29.8 Å². The fourth-order valence-electron chi connectivity index (χ4n) is 2.88. The molecule has 1 fully saturated rings. The molecule has 5 atom stereocenters. The number of alkyl carbamates (subject to hydrolysis) is 1. The Labute approximate surface area is 179 Å². The first-order valence-electron chi connectivity index (χ1n) is 8.60. The summed E-state index contributed by atoms with van der Waals surface area (Å²) in [5.74, 6) is 0.0856. The van der Waals surface area contributed by atoms with Crippen LogP contribution in [-0.2, 0) is 9.47 Å². The second-order valence-electron chi connectivity index (χ2n) is 6.74. The number of ether oxygens (including phenoxy) is 2. The highest BCUT2D eigenvalue weighted by Crippen LogP contribution is 2.38. The molecule has 2 rings (SSSR count). The number of amides is 1. The maximum Gasteiger partial charge on any atom is 0.407 e. The molecule has 1 aliphatic heterocycles. The van der Waals surface area contributed by atoms with Gasteiger partial charge in [-0.15, -0.1) is 0 Å². The number of aliphatic hydroxyl groups is 1. The van der Waals surface area contributed by atoms with Crippen LogP contribution in [0.4, 0.5) is 4.79 Å². The van der Waals surface area contributed by atoms with Crippen molar-refractivity contribution >= 4 is 52.7 Å². The van der Waals surface area contributed by atoms with Crippen molar-refractivity contribution in [1.29, 1.82) is 0 Å². The van der Waals surface area contributed by atoms with E-state index in [2.05, 4.69) is 5.32 Å². The maximum atomic E-state index is 12.2. The number of hydrogen-bond donors (Lipinski definition) is 2. The number of halogens is 3. The minimum absolute atomic E-state index is 0.0409. The zero-order chi connectivity index (χ0) is 20.2. The largest absolute Gasteiger partial charge is 0.445 e. The molecular formula is C18H24Cl3NO4S. The third kappa shape index (κ3) is 6.87. The molecule has 27 heavy (non-hydrogen) atoms. The molecule has 1 aromatic rings. The number of alkyl halides is 3. The first-order chi connectivity index (χ1) is 12.6. The second-order valence-corrected chi connectivity index (χ2v) is 10.4. The summed E-state index contributed by atoms with van der Waals surface area (Å²) in [5, 5.41) is 12.5. The lowest BCUT2D eigenvalue weighted by molar-refractivity contribution is -0.101. The van der Waals surface area contributed by atoms with E-state index in [1.165, 1.54) is 11.8 Å². The van der Waals surface area contributed by atoms with Crippen LogP contribution >= 0.6 is 46.6 Å². The molecule has 1 heterocycles. The van der Waals surface area contributed by atoms with Gasteiger partial charge in [0.05, 0.1) is 18.8 Å². The molecule has 9 heteroatoms. The van der Waals surface area contributed by atoms with E-state index in [1.54, 1.807) is 0 Å². The number of aliphatic hydroxyl groups excluding tert-OH is 1. The molecule has 5 nitrogen and oxygen atoms in total. The molecule has 2 unspecified atom stereocenters. The van der Waals surface area contributed by atoms with Crippen molar-refractivity contribution in [2.45, 2.75) is 47.0 Å². The molecule has 0 saturated carbocycles. The highest BCUT2D eigenvalue weighted by Gasteiger charge is 2.42. The Kier molecular flexibility index (Phi) is 8.40. The van der Waals surface area contributed by atoms with Gasteiger partial charge >= 0.3 is 6.09 Å². The highest BCUT2D eigenvalue weighted by atomic mass is 35.6. The monoisotopic (exact) mass is 455 g/mol. The SMILES string of the molecule is Cc1ccc(S[C@@H]2OC(CO)[C@@H](C)[C@H](C)C2NC(=O)OCC(Cl)(Cl)Cl)cc1. The van der Waals surface area contributed by atoms with Gasteiger partial charge in [0.25, 0.3) is 0 Å². The molecule has 0 aromatic heterocycles. The molecule has 0 aliphatic carbocycles. The normalized spacial score (nSPS) is 28.6. The van der Waals surface area contributed by atoms with Crippen molar-refractivity contribution in [3.8, 4) is 0 Å². The topological polar surface area (TPSA) is 67.8 Å². The number of nitrogens with one attached hydrogen (secondary N) is 1. The highest BCUT2D eigenvalue weighted by molar-refractivity contribution is 7.99. The summed E-state index contributed by atoms with van der Waals surface area (Å²) in [6.45, 7) is 5.58. The van der Waals surface area contributed by atoms with Crippen molar-refractivity contribution in [3.63, 3.8) is 0 Å². The van der Waals surface area contributed by atoms with Crippen molar-refractivity contribution < 1.29 is 19.4 Å².